The van der Waals surface area contributed by atoms with E-state index in [-0.39, 0.29) is 11.3 Å². The first-order valence-corrected chi connectivity index (χ1v) is 6.91. The molecule has 0 saturated heterocycles. The number of nitrogen functional groups attached to an aromatic ring is 1. The van der Waals surface area contributed by atoms with Gasteiger partial charge < -0.3 is 16.2 Å². The van der Waals surface area contributed by atoms with Crippen LogP contribution in [0.3, 0.4) is 0 Å². The molecular weight excluding hydrogens is 376 g/mol. The Morgan fingerprint density at radius 3 is 2.32 bits per heavy atom. The second-order valence-corrected chi connectivity index (χ2v) is 5.54. The Labute approximate surface area is 126 Å². The van der Waals surface area contributed by atoms with E-state index in [2.05, 4.69) is 37.2 Å². The van der Waals surface area contributed by atoms with Gasteiger partial charge in [0.25, 0.3) is 5.91 Å². The number of carbonyl (C=O) groups excluding carboxylic acids is 1. The highest BCUT2D eigenvalue weighted by Gasteiger charge is 2.14. The van der Waals surface area contributed by atoms with Gasteiger partial charge in [0.15, 0.2) is 0 Å². The standard InChI is InChI=1S/C13H10Br2N2O2/c14-9-5-7(16)6-10(15)12(9)17-13(19)8-3-1-2-4-11(8)18/h1-6,18H,16H2,(H,17,19). The lowest BCUT2D eigenvalue weighted by Crippen LogP contribution is -2.13. The van der Waals surface area contributed by atoms with Crippen molar-refractivity contribution in [2.45, 2.75) is 0 Å². The Morgan fingerprint density at radius 1 is 1.16 bits per heavy atom. The van der Waals surface area contributed by atoms with E-state index in [9.17, 15) is 9.90 Å². The highest BCUT2D eigenvalue weighted by Crippen LogP contribution is 2.34. The van der Waals surface area contributed by atoms with Crippen LogP contribution in [0.15, 0.2) is 45.3 Å². The van der Waals surface area contributed by atoms with Crippen LogP contribution >= 0.6 is 31.9 Å². The minimum atomic E-state index is -0.399. The van der Waals surface area contributed by atoms with Gasteiger partial charge in [0, 0.05) is 14.6 Å². The summed E-state index contributed by atoms with van der Waals surface area (Å²) in [4.78, 5) is 12.1. The summed E-state index contributed by atoms with van der Waals surface area (Å²) < 4.78 is 1.31. The number of hydrogen-bond acceptors (Lipinski definition) is 3. The summed E-state index contributed by atoms with van der Waals surface area (Å²) in [6.07, 6.45) is 0. The molecule has 2 aromatic carbocycles. The molecule has 0 radical (unpaired) electrons. The Balaban J connectivity index is 2.32. The summed E-state index contributed by atoms with van der Waals surface area (Å²) in [7, 11) is 0. The van der Waals surface area contributed by atoms with Crippen LogP contribution in [0, 0.1) is 0 Å². The molecule has 2 rings (SSSR count). The summed E-state index contributed by atoms with van der Waals surface area (Å²) in [5.41, 5.74) is 7.01. The van der Waals surface area contributed by atoms with E-state index >= 15 is 0 Å². The van der Waals surface area contributed by atoms with Gasteiger partial charge in [0.2, 0.25) is 0 Å². The van der Waals surface area contributed by atoms with Crippen LogP contribution in [-0.4, -0.2) is 11.0 Å². The van der Waals surface area contributed by atoms with Crippen molar-refractivity contribution in [3.63, 3.8) is 0 Å². The largest absolute Gasteiger partial charge is 0.507 e. The lowest BCUT2D eigenvalue weighted by molar-refractivity contribution is 0.102. The van der Waals surface area contributed by atoms with E-state index in [1.807, 2.05) is 0 Å². The second kappa shape index (κ2) is 5.63. The molecule has 19 heavy (non-hydrogen) atoms. The SMILES string of the molecule is Nc1cc(Br)c(NC(=O)c2ccccc2O)c(Br)c1. The normalized spacial score (nSPS) is 10.2. The molecule has 0 heterocycles. The number of phenols is 1. The summed E-state index contributed by atoms with van der Waals surface area (Å²) in [5, 5.41) is 12.4. The molecule has 0 aliphatic carbocycles. The number of anilines is 2. The zero-order valence-electron chi connectivity index (χ0n) is 9.65. The van der Waals surface area contributed by atoms with Crippen LogP contribution in [0.25, 0.3) is 0 Å². The Bertz CT molecular complexity index is 621. The number of nitrogens with one attached hydrogen (secondary N) is 1. The van der Waals surface area contributed by atoms with E-state index in [1.165, 1.54) is 6.07 Å². The van der Waals surface area contributed by atoms with Gasteiger partial charge in [-0.1, -0.05) is 12.1 Å². The van der Waals surface area contributed by atoms with Crippen LogP contribution in [0.1, 0.15) is 10.4 Å². The number of amides is 1. The van der Waals surface area contributed by atoms with Crippen molar-refractivity contribution in [1.82, 2.24) is 0 Å². The molecule has 0 aliphatic rings. The second-order valence-electron chi connectivity index (χ2n) is 3.83. The minimum absolute atomic E-state index is 0.0670. The molecular formula is C13H10Br2N2O2. The molecule has 0 atom stereocenters. The Kier molecular flexibility index (Phi) is 4.11. The molecule has 4 nitrogen and oxygen atoms in total. The first-order valence-electron chi connectivity index (χ1n) is 5.33. The quantitative estimate of drug-likeness (QED) is 0.689. The molecule has 6 heteroatoms. The molecule has 0 fully saturated rings. The van der Waals surface area contributed by atoms with Gasteiger partial charge in [0.05, 0.1) is 11.3 Å². The summed E-state index contributed by atoms with van der Waals surface area (Å²) in [6.45, 7) is 0. The van der Waals surface area contributed by atoms with Gasteiger partial charge in [-0.25, -0.2) is 0 Å². The van der Waals surface area contributed by atoms with Crippen molar-refractivity contribution >= 4 is 49.1 Å². The molecule has 4 N–H and O–H groups in total. The molecule has 98 valence electrons. The number of nitrogens with two attached hydrogens (primary N) is 1. The number of phenolic OH excluding ortho intramolecular Hbond substituents is 1. The Morgan fingerprint density at radius 2 is 1.74 bits per heavy atom. The van der Waals surface area contributed by atoms with Gasteiger partial charge in [-0.3, -0.25) is 4.79 Å². The van der Waals surface area contributed by atoms with Crippen LogP contribution in [0.4, 0.5) is 11.4 Å². The van der Waals surface area contributed by atoms with Gasteiger partial charge >= 0.3 is 0 Å². The van der Waals surface area contributed by atoms with Crippen molar-refractivity contribution in [3.05, 3.63) is 50.9 Å². The lowest BCUT2D eigenvalue weighted by Gasteiger charge is -2.11. The third-order valence-corrected chi connectivity index (χ3v) is 3.70. The summed E-state index contributed by atoms with van der Waals surface area (Å²) in [5.74, 6) is -0.466. The lowest BCUT2D eigenvalue weighted by atomic mass is 10.2. The van der Waals surface area contributed by atoms with E-state index in [1.54, 1.807) is 30.3 Å². The van der Waals surface area contributed by atoms with Crippen LogP contribution < -0.4 is 11.1 Å². The first kappa shape index (κ1) is 13.9. The molecule has 0 aliphatic heterocycles. The number of rotatable bonds is 2. The van der Waals surface area contributed by atoms with Crippen molar-refractivity contribution in [2.24, 2.45) is 0 Å². The number of para-hydroxylation sites is 1. The molecule has 0 bridgehead atoms. The first-order chi connectivity index (χ1) is 8.99. The number of halogens is 2. The fourth-order valence-electron chi connectivity index (χ4n) is 1.56. The highest BCUT2D eigenvalue weighted by molar-refractivity contribution is 9.11. The van der Waals surface area contributed by atoms with Crippen LogP contribution in [0.2, 0.25) is 0 Å². The number of aromatic hydroxyl groups is 1. The van der Waals surface area contributed by atoms with Gasteiger partial charge in [-0.2, -0.15) is 0 Å². The minimum Gasteiger partial charge on any atom is -0.507 e. The monoisotopic (exact) mass is 384 g/mol. The van der Waals surface area contributed by atoms with E-state index < -0.39 is 5.91 Å². The average Bonchev–Trinajstić information content (AvgIpc) is 2.34. The van der Waals surface area contributed by atoms with E-state index in [0.717, 1.165) is 0 Å². The van der Waals surface area contributed by atoms with Crippen molar-refractivity contribution in [2.75, 3.05) is 11.1 Å². The van der Waals surface area contributed by atoms with Gasteiger partial charge in [0.1, 0.15) is 5.75 Å². The highest BCUT2D eigenvalue weighted by atomic mass is 79.9. The predicted molar refractivity (Wildman–Crippen MR) is 82.3 cm³/mol. The molecule has 0 spiro atoms. The maximum atomic E-state index is 12.1. The smallest absolute Gasteiger partial charge is 0.259 e. The molecule has 1 amide bonds. The topological polar surface area (TPSA) is 75.3 Å². The third kappa shape index (κ3) is 3.08. The number of hydrogen-bond donors (Lipinski definition) is 3. The van der Waals surface area contributed by atoms with Crippen LogP contribution in [0.5, 0.6) is 5.75 Å². The molecule has 0 unspecified atom stereocenters. The summed E-state index contributed by atoms with van der Waals surface area (Å²) in [6, 6.07) is 9.71. The maximum Gasteiger partial charge on any atom is 0.259 e. The fraction of sp³-hybridized carbons (Fsp3) is 0. The molecule has 2 aromatic rings. The van der Waals surface area contributed by atoms with Crippen molar-refractivity contribution < 1.29 is 9.90 Å². The van der Waals surface area contributed by atoms with E-state index in [4.69, 9.17) is 5.73 Å². The van der Waals surface area contributed by atoms with Crippen molar-refractivity contribution in [1.29, 1.82) is 0 Å². The zero-order valence-corrected chi connectivity index (χ0v) is 12.8. The van der Waals surface area contributed by atoms with E-state index in [0.29, 0.717) is 20.3 Å². The number of carbonyl (C=O) groups is 1. The average molecular weight is 386 g/mol. The van der Waals surface area contributed by atoms with Gasteiger partial charge in [-0.15, -0.1) is 0 Å². The third-order valence-electron chi connectivity index (χ3n) is 2.45. The van der Waals surface area contributed by atoms with Crippen molar-refractivity contribution in [3.8, 4) is 5.75 Å². The molecule has 0 saturated carbocycles. The summed E-state index contributed by atoms with van der Waals surface area (Å²) >= 11 is 6.66. The van der Waals surface area contributed by atoms with Crippen LogP contribution in [-0.2, 0) is 0 Å². The Hall–Kier alpha value is -1.53. The zero-order chi connectivity index (χ0) is 14.0. The predicted octanol–water partition coefficient (Wildman–Crippen LogP) is 3.75. The fourth-order valence-corrected chi connectivity index (χ4v) is 2.98. The molecule has 0 aromatic heterocycles. The van der Waals surface area contributed by atoms with Gasteiger partial charge in [-0.05, 0) is 56.1 Å². The number of benzene rings is 2. The maximum absolute atomic E-state index is 12.1.